The van der Waals surface area contributed by atoms with Crippen LogP contribution in [0.2, 0.25) is 0 Å². The highest BCUT2D eigenvalue weighted by atomic mass is 16.5. The van der Waals surface area contributed by atoms with Gasteiger partial charge >= 0.3 is 5.97 Å². The Bertz CT molecular complexity index is 903. The Morgan fingerprint density at radius 2 is 1.68 bits per heavy atom. The molecule has 0 atom stereocenters. The summed E-state index contributed by atoms with van der Waals surface area (Å²) in [6.07, 6.45) is 3.33. The first-order valence-corrected chi connectivity index (χ1v) is 7.30. The molecular weight excluding hydrogens is 318 g/mol. The van der Waals surface area contributed by atoms with Crippen molar-refractivity contribution in [2.45, 2.75) is 6.92 Å². The number of hydrogen-bond donors (Lipinski definition) is 0. The van der Waals surface area contributed by atoms with Crippen molar-refractivity contribution < 1.29 is 9.53 Å². The van der Waals surface area contributed by atoms with Gasteiger partial charge in [0.25, 0.3) is 0 Å². The molecule has 7 heteroatoms. The van der Waals surface area contributed by atoms with E-state index in [1.165, 1.54) is 6.92 Å². The van der Waals surface area contributed by atoms with E-state index in [1.807, 2.05) is 49.3 Å². The van der Waals surface area contributed by atoms with Gasteiger partial charge in [0.05, 0.1) is 0 Å². The third-order valence-electron chi connectivity index (χ3n) is 3.18. The number of esters is 1. The number of anilines is 1. The van der Waals surface area contributed by atoms with Gasteiger partial charge in [-0.25, -0.2) is 4.98 Å². The monoisotopic (exact) mass is 333 g/mol. The number of hydrogen-bond acceptors (Lipinski definition) is 7. The zero-order chi connectivity index (χ0) is 18.4. The van der Waals surface area contributed by atoms with Gasteiger partial charge in [0.15, 0.2) is 11.4 Å². The van der Waals surface area contributed by atoms with Gasteiger partial charge in [-0.05, 0) is 23.8 Å². The lowest BCUT2D eigenvalue weighted by molar-refractivity contribution is -0.132. The van der Waals surface area contributed by atoms with E-state index in [4.69, 9.17) is 15.3 Å². The summed E-state index contributed by atoms with van der Waals surface area (Å²) in [4.78, 5) is 21.2. The third-order valence-corrected chi connectivity index (χ3v) is 3.18. The van der Waals surface area contributed by atoms with Crippen molar-refractivity contribution in [2.75, 3.05) is 19.0 Å². The van der Waals surface area contributed by atoms with E-state index in [0.717, 1.165) is 11.3 Å². The number of ether oxygens (including phenoxy) is 1. The molecule has 0 aliphatic heterocycles. The molecule has 1 aromatic heterocycles. The Hall–Kier alpha value is -3.71. The Morgan fingerprint density at radius 3 is 2.20 bits per heavy atom. The summed E-state index contributed by atoms with van der Waals surface area (Å²) in [5, 5.41) is 18.1. The van der Waals surface area contributed by atoms with Crippen LogP contribution in [0.15, 0.2) is 24.3 Å². The zero-order valence-corrected chi connectivity index (χ0v) is 14.0. The number of carbonyl (C=O) groups is 1. The average molecular weight is 333 g/mol. The van der Waals surface area contributed by atoms with Crippen molar-refractivity contribution in [2.24, 2.45) is 0 Å². The summed E-state index contributed by atoms with van der Waals surface area (Å²) in [6.45, 7) is 1.22. The summed E-state index contributed by atoms with van der Waals surface area (Å²) in [7, 11) is 3.90. The lowest BCUT2D eigenvalue weighted by atomic mass is 10.1. The van der Waals surface area contributed by atoms with Crippen molar-refractivity contribution in [3.63, 3.8) is 0 Å². The molecule has 124 valence electrons. The smallest absolute Gasteiger partial charge is 0.309 e. The third kappa shape index (κ3) is 4.40. The predicted molar refractivity (Wildman–Crippen MR) is 92.5 cm³/mol. The van der Waals surface area contributed by atoms with Crippen molar-refractivity contribution in [3.05, 3.63) is 46.9 Å². The molecule has 7 nitrogen and oxygen atoms in total. The first-order valence-electron chi connectivity index (χ1n) is 7.30. The Balaban J connectivity index is 2.41. The van der Waals surface area contributed by atoms with E-state index in [9.17, 15) is 4.79 Å². The molecular formula is C18H15N5O2. The molecule has 0 amide bonds. The lowest BCUT2D eigenvalue weighted by Gasteiger charge is -2.11. The van der Waals surface area contributed by atoms with E-state index < -0.39 is 5.97 Å². The number of carbonyl (C=O) groups excluding carboxylic acids is 1. The minimum Gasteiger partial charge on any atom is -0.405 e. The maximum absolute atomic E-state index is 11.2. The van der Waals surface area contributed by atoms with Gasteiger partial charge in [-0.3, -0.25) is 4.79 Å². The minimum atomic E-state index is -0.590. The molecule has 0 radical (unpaired) electrons. The van der Waals surface area contributed by atoms with Crippen LogP contribution < -0.4 is 9.64 Å². The normalized spacial score (nSPS) is 10.1. The predicted octanol–water partition coefficient (Wildman–Crippen LogP) is 2.38. The van der Waals surface area contributed by atoms with Crippen LogP contribution in [0.25, 0.3) is 12.2 Å². The van der Waals surface area contributed by atoms with Crippen molar-refractivity contribution >= 4 is 23.8 Å². The fourth-order valence-corrected chi connectivity index (χ4v) is 1.97. The van der Waals surface area contributed by atoms with E-state index in [1.54, 1.807) is 18.2 Å². The second kappa shape index (κ2) is 7.71. The first-order chi connectivity index (χ1) is 11.9. The zero-order valence-electron chi connectivity index (χ0n) is 14.0. The highest BCUT2D eigenvalue weighted by Gasteiger charge is 2.14. The maximum Gasteiger partial charge on any atom is 0.309 e. The topological polar surface area (TPSA) is 103 Å². The number of rotatable bonds is 4. The molecule has 0 N–H and O–H groups in total. The molecule has 2 rings (SSSR count). The molecule has 0 saturated carbocycles. The number of benzene rings is 1. The molecule has 2 aromatic rings. The fraction of sp³-hybridized carbons (Fsp3) is 0.167. The molecule has 0 bridgehead atoms. The van der Waals surface area contributed by atoms with Crippen LogP contribution in [0.3, 0.4) is 0 Å². The Kier molecular flexibility index (Phi) is 5.44. The van der Waals surface area contributed by atoms with Crippen molar-refractivity contribution in [1.82, 2.24) is 9.97 Å². The maximum atomic E-state index is 11.2. The van der Waals surface area contributed by atoms with Gasteiger partial charge in [-0.1, -0.05) is 18.2 Å². The van der Waals surface area contributed by atoms with Gasteiger partial charge in [-0.15, -0.1) is 0 Å². The van der Waals surface area contributed by atoms with E-state index in [0.29, 0.717) is 0 Å². The van der Waals surface area contributed by atoms with Gasteiger partial charge < -0.3 is 9.64 Å². The number of aromatic nitrogens is 2. The standard InChI is InChI=1S/C18H15N5O2/c1-12(24)25-18-15(21-16(10-19)17(11-20)22-18)9-6-13-4-7-14(8-5-13)23(2)3/h4-9H,1-3H3/b9-6+. The molecule has 0 aliphatic carbocycles. The van der Waals surface area contributed by atoms with E-state index in [2.05, 4.69) is 9.97 Å². The minimum absolute atomic E-state index is 0.107. The van der Waals surface area contributed by atoms with Crippen LogP contribution in [-0.2, 0) is 4.79 Å². The Labute approximate surface area is 145 Å². The first kappa shape index (κ1) is 17.6. The van der Waals surface area contributed by atoms with Gasteiger partial charge in [-0.2, -0.15) is 15.5 Å². The molecule has 25 heavy (non-hydrogen) atoms. The van der Waals surface area contributed by atoms with Gasteiger partial charge in [0, 0.05) is 26.7 Å². The molecule has 0 aliphatic rings. The molecule has 0 saturated heterocycles. The Morgan fingerprint density at radius 1 is 1.08 bits per heavy atom. The highest BCUT2D eigenvalue weighted by Crippen LogP contribution is 2.20. The summed E-state index contributed by atoms with van der Waals surface area (Å²) in [6, 6.07) is 11.3. The van der Waals surface area contributed by atoms with Gasteiger partial charge in [0.2, 0.25) is 5.88 Å². The van der Waals surface area contributed by atoms with Crippen LogP contribution in [-0.4, -0.2) is 30.0 Å². The van der Waals surface area contributed by atoms with Crippen LogP contribution in [0, 0.1) is 22.7 Å². The van der Waals surface area contributed by atoms with Crippen LogP contribution >= 0.6 is 0 Å². The molecule has 0 spiro atoms. The average Bonchev–Trinajstić information content (AvgIpc) is 2.60. The summed E-state index contributed by atoms with van der Waals surface area (Å²) in [5.41, 5.74) is 1.83. The molecule has 0 fully saturated rings. The fourth-order valence-electron chi connectivity index (χ4n) is 1.97. The molecule has 1 aromatic carbocycles. The van der Waals surface area contributed by atoms with E-state index in [-0.39, 0.29) is 23.0 Å². The lowest BCUT2D eigenvalue weighted by Crippen LogP contribution is -2.08. The highest BCUT2D eigenvalue weighted by molar-refractivity contribution is 5.74. The second-order valence-electron chi connectivity index (χ2n) is 5.25. The summed E-state index contributed by atoms with van der Waals surface area (Å²) >= 11 is 0. The summed E-state index contributed by atoms with van der Waals surface area (Å²) in [5.74, 6) is -0.697. The van der Waals surface area contributed by atoms with Gasteiger partial charge in [0.1, 0.15) is 17.8 Å². The summed E-state index contributed by atoms with van der Waals surface area (Å²) < 4.78 is 5.00. The van der Waals surface area contributed by atoms with Crippen molar-refractivity contribution in [3.8, 4) is 18.0 Å². The molecule has 0 unspecified atom stereocenters. The largest absolute Gasteiger partial charge is 0.405 e. The van der Waals surface area contributed by atoms with E-state index >= 15 is 0 Å². The van der Waals surface area contributed by atoms with Crippen LogP contribution in [0.5, 0.6) is 5.88 Å². The second-order valence-corrected chi connectivity index (χ2v) is 5.25. The molecule has 1 heterocycles. The van der Waals surface area contributed by atoms with Crippen LogP contribution in [0.4, 0.5) is 5.69 Å². The number of nitrogens with zero attached hydrogens (tertiary/aromatic N) is 5. The van der Waals surface area contributed by atoms with Crippen molar-refractivity contribution in [1.29, 1.82) is 10.5 Å². The SMILES string of the molecule is CC(=O)Oc1nc(C#N)c(C#N)nc1/C=C/c1ccc(N(C)C)cc1. The quantitative estimate of drug-likeness (QED) is 0.791. The van der Waals surface area contributed by atoms with Crippen LogP contribution in [0.1, 0.15) is 29.6 Å². The number of nitriles is 2.